The third-order valence-corrected chi connectivity index (χ3v) is 2.61. The molecule has 1 amide bonds. The first-order valence-electron chi connectivity index (χ1n) is 5.03. The number of hydrogen-bond donors (Lipinski definition) is 2. The quantitative estimate of drug-likeness (QED) is 0.614. The normalized spacial score (nSPS) is 11.4. The predicted octanol–water partition coefficient (Wildman–Crippen LogP) is 1.29. The van der Waals surface area contributed by atoms with Crippen molar-refractivity contribution < 1.29 is 4.79 Å². The van der Waals surface area contributed by atoms with Crippen LogP contribution in [0.1, 0.15) is 40.5 Å². The summed E-state index contributed by atoms with van der Waals surface area (Å²) in [5.41, 5.74) is 0.221. The van der Waals surface area contributed by atoms with Crippen LogP contribution < -0.4 is 10.6 Å². The summed E-state index contributed by atoms with van der Waals surface area (Å²) in [4.78, 5) is 10.6. The molecule has 0 saturated carbocycles. The first kappa shape index (κ1) is 12.4. The summed E-state index contributed by atoms with van der Waals surface area (Å²) < 4.78 is 0. The van der Waals surface area contributed by atoms with Crippen molar-refractivity contribution >= 4 is 5.91 Å². The highest BCUT2D eigenvalue weighted by Crippen LogP contribution is 2.12. The molecule has 78 valence electrons. The van der Waals surface area contributed by atoms with Crippen molar-refractivity contribution in [2.75, 3.05) is 13.1 Å². The maximum atomic E-state index is 10.6. The van der Waals surface area contributed by atoms with Crippen LogP contribution >= 0.6 is 0 Å². The minimum atomic E-state index is 0.0384. The molecule has 0 aromatic carbocycles. The van der Waals surface area contributed by atoms with Gasteiger partial charge in [0, 0.05) is 25.6 Å². The van der Waals surface area contributed by atoms with Gasteiger partial charge in [0.2, 0.25) is 5.91 Å². The molecule has 0 rings (SSSR count). The Bertz CT molecular complexity index is 153. The van der Waals surface area contributed by atoms with Crippen LogP contribution in [0, 0.1) is 0 Å². The molecule has 0 atom stereocenters. The van der Waals surface area contributed by atoms with Gasteiger partial charge in [0.05, 0.1) is 0 Å². The maximum Gasteiger partial charge on any atom is 0.216 e. The SMILES string of the molecule is CCC(C)(CC)NCCNC(C)=O. The summed E-state index contributed by atoms with van der Waals surface area (Å²) in [6.07, 6.45) is 2.23. The van der Waals surface area contributed by atoms with E-state index < -0.39 is 0 Å². The zero-order chi connectivity index (χ0) is 10.3. The molecule has 0 saturated heterocycles. The van der Waals surface area contributed by atoms with Gasteiger partial charge in [-0.15, -0.1) is 0 Å². The third-order valence-electron chi connectivity index (χ3n) is 2.61. The lowest BCUT2D eigenvalue weighted by Crippen LogP contribution is -2.44. The van der Waals surface area contributed by atoms with Gasteiger partial charge in [-0.3, -0.25) is 4.79 Å². The Morgan fingerprint density at radius 1 is 1.23 bits per heavy atom. The summed E-state index contributed by atoms with van der Waals surface area (Å²) in [6.45, 7) is 9.66. The van der Waals surface area contributed by atoms with Crippen LogP contribution in [-0.4, -0.2) is 24.5 Å². The summed E-state index contributed by atoms with van der Waals surface area (Å²) >= 11 is 0. The molecule has 0 aliphatic heterocycles. The Balaban J connectivity index is 3.55. The zero-order valence-electron chi connectivity index (χ0n) is 9.24. The molecule has 0 fully saturated rings. The number of carbonyl (C=O) groups excluding carboxylic acids is 1. The molecular weight excluding hydrogens is 164 g/mol. The first-order chi connectivity index (χ1) is 6.04. The van der Waals surface area contributed by atoms with Gasteiger partial charge in [0.25, 0.3) is 0 Å². The average molecular weight is 186 g/mol. The van der Waals surface area contributed by atoms with Crippen LogP contribution in [0.15, 0.2) is 0 Å². The van der Waals surface area contributed by atoms with E-state index in [2.05, 4.69) is 31.4 Å². The van der Waals surface area contributed by atoms with Crippen LogP contribution in [0.4, 0.5) is 0 Å². The van der Waals surface area contributed by atoms with Gasteiger partial charge >= 0.3 is 0 Å². The number of rotatable bonds is 6. The van der Waals surface area contributed by atoms with Crippen LogP contribution in [0.25, 0.3) is 0 Å². The molecule has 0 aliphatic rings. The standard InChI is InChI=1S/C10H22N2O/c1-5-10(4,6-2)12-8-7-11-9(3)13/h12H,5-8H2,1-4H3,(H,11,13). The highest BCUT2D eigenvalue weighted by atomic mass is 16.1. The first-order valence-corrected chi connectivity index (χ1v) is 5.03. The summed E-state index contributed by atoms with van der Waals surface area (Å²) in [5.74, 6) is 0.0384. The molecule has 3 heteroatoms. The van der Waals surface area contributed by atoms with E-state index in [-0.39, 0.29) is 11.4 Å². The van der Waals surface area contributed by atoms with Gasteiger partial charge < -0.3 is 10.6 Å². The van der Waals surface area contributed by atoms with Crippen molar-refractivity contribution in [2.24, 2.45) is 0 Å². The summed E-state index contributed by atoms with van der Waals surface area (Å²) in [7, 11) is 0. The van der Waals surface area contributed by atoms with Crippen molar-refractivity contribution in [3.63, 3.8) is 0 Å². The molecule has 0 unspecified atom stereocenters. The zero-order valence-corrected chi connectivity index (χ0v) is 9.24. The van der Waals surface area contributed by atoms with E-state index in [1.54, 1.807) is 6.92 Å². The topological polar surface area (TPSA) is 41.1 Å². The number of nitrogens with one attached hydrogen (secondary N) is 2. The van der Waals surface area contributed by atoms with Gasteiger partial charge in [0.1, 0.15) is 0 Å². The van der Waals surface area contributed by atoms with E-state index in [4.69, 9.17) is 0 Å². The van der Waals surface area contributed by atoms with Gasteiger partial charge in [0.15, 0.2) is 0 Å². The van der Waals surface area contributed by atoms with Crippen molar-refractivity contribution in [3.8, 4) is 0 Å². The van der Waals surface area contributed by atoms with Gasteiger partial charge in [-0.1, -0.05) is 13.8 Å². The Labute approximate surface area is 81.3 Å². The van der Waals surface area contributed by atoms with Crippen molar-refractivity contribution in [1.82, 2.24) is 10.6 Å². The second kappa shape index (κ2) is 5.97. The van der Waals surface area contributed by atoms with E-state index in [0.29, 0.717) is 6.54 Å². The van der Waals surface area contributed by atoms with E-state index in [1.165, 1.54) is 0 Å². The molecular formula is C10H22N2O. The molecule has 0 spiro atoms. The number of carbonyl (C=O) groups is 1. The minimum absolute atomic E-state index is 0.0384. The minimum Gasteiger partial charge on any atom is -0.355 e. The molecule has 2 N–H and O–H groups in total. The summed E-state index contributed by atoms with van der Waals surface area (Å²) in [5, 5.41) is 6.20. The third kappa shape index (κ3) is 5.64. The molecule has 0 aromatic heterocycles. The fraction of sp³-hybridized carbons (Fsp3) is 0.900. The fourth-order valence-corrected chi connectivity index (χ4v) is 1.10. The second-order valence-corrected chi connectivity index (χ2v) is 3.68. The van der Waals surface area contributed by atoms with E-state index in [0.717, 1.165) is 19.4 Å². The maximum absolute atomic E-state index is 10.6. The lowest BCUT2D eigenvalue weighted by molar-refractivity contribution is -0.118. The Morgan fingerprint density at radius 3 is 2.15 bits per heavy atom. The Hall–Kier alpha value is -0.570. The Morgan fingerprint density at radius 2 is 1.77 bits per heavy atom. The van der Waals surface area contributed by atoms with Crippen LogP contribution in [0.2, 0.25) is 0 Å². The lowest BCUT2D eigenvalue weighted by Gasteiger charge is -2.28. The van der Waals surface area contributed by atoms with E-state index >= 15 is 0 Å². The van der Waals surface area contributed by atoms with Crippen LogP contribution in [0.3, 0.4) is 0 Å². The van der Waals surface area contributed by atoms with Gasteiger partial charge in [-0.25, -0.2) is 0 Å². The molecule has 0 heterocycles. The smallest absolute Gasteiger partial charge is 0.216 e. The highest BCUT2D eigenvalue weighted by molar-refractivity contribution is 5.72. The predicted molar refractivity (Wildman–Crippen MR) is 55.7 cm³/mol. The highest BCUT2D eigenvalue weighted by Gasteiger charge is 2.17. The van der Waals surface area contributed by atoms with Crippen LogP contribution in [0.5, 0.6) is 0 Å². The number of hydrogen-bond acceptors (Lipinski definition) is 2. The monoisotopic (exact) mass is 186 g/mol. The molecule has 0 aromatic rings. The van der Waals surface area contributed by atoms with Gasteiger partial charge in [-0.2, -0.15) is 0 Å². The van der Waals surface area contributed by atoms with E-state index in [9.17, 15) is 4.79 Å². The fourth-order valence-electron chi connectivity index (χ4n) is 1.10. The lowest BCUT2D eigenvalue weighted by atomic mass is 9.96. The second-order valence-electron chi connectivity index (χ2n) is 3.68. The number of amides is 1. The largest absolute Gasteiger partial charge is 0.355 e. The molecule has 13 heavy (non-hydrogen) atoms. The van der Waals surface area contributed by atoms with Gasteiger partial charge in [-0.05, 0) is 19.8 Å². The molecule has 0 radical (unpaired) electrons. The average Bonchev–Trinajstić information content (AvgIpc) is 2.12. The van der Waals surface area contributed by atoms with Crippen molar-refractivity contribution in [3.05, 3.63) is 0 Å². The summed E-state index contributed by atoms with van der Waals surface area (Å²) in [6, 6.07) is 0. The van der Waals surface area contributed by atoms with Crippen molar-refractivity contribution in [1.29, 1.82) is 0 Å². The molecule has 0 bridgehead atoms. The Kier molecular flexibility index (Phi) is 5.71. The van der Waals surface area contributed by atoms with E-state index in [1.807, 2.05) is 0 Å². The van der Waals surface area contributed by atoms with Crippen molar-refractivity contribution in [2.45, 2.75) is 46.1 Å². The van der Waals surface area contributed by atoms with Crippen LogP contribution in [-0.2, 0) is 4.79 Å². The molecule has 0 aliphatic carbocycles. The molecule has 3 nitrogen and oxygen atoms in total.